The number of benzene rings is 2. The van der Waals surface area contributed by atoms with E-state index in [-0.39, 0.29) is 17.0 Å². The predicted octanol–water partition coefficient (Wildman–Crippen LogP) is 3.86. The molecule has 1 saturated carbocycles. The fraction of sp³-hybridized carbons (Fsp3) is 0.407. The molecule has 1 aliphatic carbocycles. The van der Waals surface area contributed by atoms with Crippen LogP contribution in [0.15, 0.2) is 47.4 Å². The number of rotatable bonds is 6. The third-order valence-corrected chi connectivity index (χ3v) is 7.02. The second-order valence-corrected chi connectivity index (χ2v) is 9.42. The van der Waals surface area contributed by atoms with Crippen molar-refractivity contribution in [2.75, 3.05) is 37.6 Å². The van der Waals surface area contributed by atoms with Gasteiger partial charge in [-0.25, -0.2) is 4.39 Å². The van der Waals surface area contributed by atoms with Crippen LogP contribution < -0.4 is 15.6 Å². The van der Waals surface area contributed by atoms with Crippen LogP contribution >= 0.6 is 0 Å². The molecule has 1 saturated heterocycles. The van der Waals surface area contributed by atoms with Gasteiger partial charge in [-0.05, 0) is 44.0 Å². The summed E-state index contributed by atoms with van der Waals surface area (Å²) in [5.74, 6) is -0.837. The first-order valence-electron chi connectivity index (χ1n) is 12.1. The molecule has 3 aromatic rings. The van der Waals surface area contributed by atoms with Gasteiger partial charge in [-0.2, -0.15) is 0 Å². The molecule has 178 valence electrons. The van der Waals surface area contributed by atoms with Crippen molar-refractivity contribution in [3.63, 3.8) is 0 Å². The third kappa shape index (κ3) is 4.44. The summed E-state index contributed by atoms with van der Waals surface area (Å²) in [6.07, 6.45) is 3.65. The number of carbonyl (C=O) groups excluding carboxylic acids is 1. The molecule has 1 aliphatic heterocycles. The number of anilines is 1. The SMILES string of the molecule is CCN1CCN(c2cc3c(cc2F)c(=O)c(C(=O)NCc2ccc(C)cc2)cn3C2CC2)CC1. The Morgan fingerprint density at radius 3 is 2.44 bits per heavy atom. The van der Waals surface area contributed by atoms with E-state index in [4.69, 9.17) is 0 Å². The minimum absolute atomic E-state index is 0.0650. The van der Waals surface area contributed by atoms with Gasteiger partial charge in [-0.1, -0.05) is 36.8 Å². The van der Waals surface area contributed by atoms with Crippen molar-refractivity contribution in [1.82, 2.24) is 14.8 Å². The number of aryl methyl sites for hydroxylation is 1. The lowest BCUT2D eigenvalue weighted by Gasteiger charge is -2.35. The molecular weight excluding hydrogens is 431 g/mol. The number of aromatic nitrogens is 1. The highest BCUT2D eigenvalue weighted by molar-refractivity contribution is 5.98. The van der Waals surface area contributed by atoms with Crippen LogP contribution in [0.4, 0.5) is 10.1 Å². The van der Waals surface area contributed by atoms with Gasteiger partial charge in [-0.3, -0.25) is 9.59 Å². The minimum Gasteiger partial charge on any atom is -0.367 e. The molecule has 2 fully saturated rings. The molecule has 0 bridgehead atoms. The Hall–Kier alpha value is -3.19. The Bertz CT molecular complexity index is 1270. The molecule has 0 radical (unpaired) electrons. The van der Waals surface area contributed by atoms with Gasteiger partial charge < -0.3 is 19.7 Å². The Morgan fingerprint density at radius 2 is 1.79 bits per heavy atom. The van der Waals surface area contributed by atoms with Gasteiger partial charge in [0.05, 0.1) is 11.2 Å². The molecule has 7 heteroatoms. The van der Waals surface area contributed by atoms with Crippen molar-refractivity contribution < 1.29 is 9.18 Å². The van der Waals surface area contributed by atoms with Crippen molar-refractivity contribution in [3.05, 3.63) is 75.3 Å². The molecule has 0 atom stereocenters. The average Bonchev–Trinajstić information content (AvgIpc) is 3.69. The van der Waals surface area contributed by atoms with Crippen LogP contribution in [0, 0.1) is 12.7 Å². The molecular formula is C27H31FN4O2. The van der Waals surface area contributed by atoms with Gasteiger partial charge in [-0.15, -0.1) is 0 Å². The molecule has 1 N–H and O–H groups in total. The van der Waals surface area contributed by atoms with Gasteiger partial charge in [0.2, 0.25) is 5.43 Å². The monoisotopic (exact) mass is 462 g/mol. The van der Waals surface area contributed by atoms with Gasteiger partial charge in [0, 0.05) is 50.3 Å². The number of amides is 1. The van der Waals surface area contributed by atoms with Crippen LogP contribution in [0.3, 0.4) is 0 Å². The van der Waals surface area contributed by atoms with E-state index in [9.17, 15) is 9.59 Å². The van der Waals surface area contributed by atoms with E-state index in [1.807, 2.05) is 35.8 Å². The number of carbonyl (C=O) groups is 1. The second kappa shape index (κ2) is 9.22. The fourth-order valence-electron chi connectivity index (χ4n) is 4.71. The maximum Gasteiger partial charge on any atom is 0.257 e. The van der Waals surface area contributed by atoms with Gasteiger partial charge in [0.1, 0.15) is 11.4 Å². The summed E-state index contributed by atoms with van der Waals surface area (Å²) in [7, 11) is 0. The number of likely N-dealkylation sites (N-methyl/N-ethyl adjacent to an activating group) is 1. The molecule has 0 spiro atoms. The Labute approximate surface area is 199 Å². The minimum atomic E-state index is -0.429. The van der Waals surface area contributed by atoms with Crippen LogP contribution in [0.5, 0.6) is 0 Å². The van der Waals surface area contributed by atoms with E-state index in [1.165, 1.54) is 6.07 Å². The normalized spacial score (nSPS) is 16.7. The van der Waals surface area contributed by atoms with E-state index in [2.05, 4.69) is 22.0 Å². The summed E-state index contributed by atoms with van der Waals surface area (Å²) in [5.41, 5.74) is 2.99. The maximum absolute atomic E-state index is 15.2. The van der Waals surface area contributed by atoms with Crippen LogP contribution in [-0.4, -0.2) is 48.1 Å². The zero-order chi connectivity index (χ0) is 23.8. The number of fused-ring (bicyclic) bond motifs is 1. The number of hydrogen-bond acceptors (Lipinski definition) is 4. The van der Waals surface area contributed by atoms with Crippen LogP contribution in [0.1, 0.15) is 47.3 Å². The molecule has 1 aromatic heterocycles. The lowest BCUT2D eigenvalue weighted by Crippen LogP contribution is -2.46. The van der Waals surface area contributed by atoms with Gasteiger partial charge in [0.25, 0.3) is 5.91 Å². The van der Waals surface area contributed by atoms with Crippen molar-refractivity contribution in [3.8, 4) is 0 Å². The molecule has 5 rings (SSSR count). The fourth-order valence-corrected chi connectivity index (χ4v) is 4.71. The first-order chi connectivity index (χ1) is 16.4. The lowest BCUT2D eigenvalue weighted by atomic mass is 10.1. The average molecular weight is 463 g/mol. The summed E-state index contributed by atoms with van der Waals surface area (Å²) >= 11 is 0. The first kappa shape index (κ1) is 22.6. The summed E-state index contributed by atoms with van der Waals surface area (Å²) in [5, 5.41) is 3.12. The summed E-state index contributed by atoms with van der Waals surface area (Å²) in [6, 6.07) is 11.3. The van der Waals surface area contributed by atoms with Crippen molar-refractivity contribution in [1.29, 1.82) is 0 Å². The van der Waals surface area contributed by atoms with E-state index in [0.717, 1.165) is 56.7 Å². The number of nitrogens with one attached hydrogen (secondary N) is 1. The topological polar surface area (TPSA) is 57.6 Å². The second-order valence-electron chi connectivity index (χ2n) is 9.42. The van der Waals surface area contributed by atoms with Crippen molar-refractivity contribution >= 4 is 22.5 Å². The smallest absolute Gasteiger partial charge is 0.257 e. The number of pyridine rings is 1. The zero-order valence-electron chi connectivity index (χ0n) is 19.8. The molecule has 1 amide bonds. The summed E-state index contributed by atoms with van der Waals surface area (Å²) in [4.78, 5) is 30.7. The summed E-state index contributed by atoms with van der Waals surface area (Å²) in [6.45, 7) is 8.75. The zero-order valence-corrected chi connectivity index (χ0v) is 19.8. The number of nitrogens with zero attached hydrogens (tertiary/aromatic N) is 3. The molecule has 2 aliphatic rings. The number of piperazine rings is 1. The Morgan fingerprint density at radius 1 is 1.09 bits per heavy atom. The third-order valence-electron chi connectivity index (χ3n) is 7.02. The number of halogens is 1. The highest BCUT2D eigenvalue weighted by atomic mass is 19.1. The summed E-state index contributed by atoms with van der Waals surface area (Å²) < 4.78 is 17.2. The van der Waals surface area contributed by atoms with E-state index >= 15 is 4.39 Å². The highest BCUT2D eigenvalue weighted by Gasteiger charge is 2.28. The molecule has 2 heterocycles. The lowest BCUT2D eigenvalue weighted by molar-refractivity contribution is 0.0949. The molecule has 0 unspecified atom stereocenters. The van der Waals surface area contributed by atoms with E-state index < -0.39 is 17.2 Å². The Balaban J connectivity index is 1.47. The largest absolute Gasteiger partial charge is 0.367 e. The standard InChI is InChI=1S/C27H31FN4O2/c1-3-30-10-12-31(13-11-30)25-15-24-21(14-23(25)28)26(33)22(17-32(24)20-8-9-20)27(34)29-16-19-6-4-18(2)5-7-19/h4-7,14-15,17,20H,3,8-13,16H2,1-2H3,(H,29,34). The highest BCUT2D eigenvalue weighted by Crippen LogP contribution is 2.38. The van der Waals surface area contributed by atoms with Gasteiger partial charge in [0.15, 0.2) is 0 Å². The maximum atomic E-state index is 15.2. The predicted molar refractivity (Wildman–Crippen MR) is 133 cm³/mol. The van der Waals surface area contributed by atoms with Crippen LogP contribution in [-0.2, 0) is 6.54 Å². The van der Waals surface area contributed by atoms with Crippen LogP contribution in [0.25, 0.3) is 10.9 Å². The Kier molecular flexibility index (Phi) is 6.13. The van der Waals surface area contributed by atoms with E-state index in [0.29, 0.717) is 17.7 Å². The molecule has 2 aromatic carbocycles. The van der Waals surface area contributed by atoms with Crippen molar-refractivity contribution in [2.45, 2.75) is 39.3 Å². The number of hydrogen-bond donors (Lipinski definition) is 1. The quantitative estimate of drug-likeness (QED) is 0.605. The first-order valence-corrected chi connectivity index (χ1v) is 12.1. The van der Waals surface area contributed by atoms with Gasteiger partial charge >= 0.3 is 0 Å². The molecule has 6 nitrogen and oxygen atoms in total. The van der Waals surface area contributed by atoms with Crippen LogP contribution in [0.2, 0.25) is 0 Å². The van der Waals surface area contributed by atoms with Crippen molar-refractivity contribution in [2.24, 2.45) is 0 Å². The van der Waals surface area contributed by atoms with E-state index in [1.54, 1.807) is 12.3 Å². The molecule has 34 heavy (non-hydrogen) atoms.